The number of thiophene rings is 1. The van der Waals surface area contributed by atoms with Gasteiger partial charge in [-0.05, 0) is 50.2 Å². The summed E-state index contributed by atoms with van der Waals surface area (Å²) in [6.07, 6.45) is 1.72. The largest absolute Gasteiger partial charge is 0.372 e. The van der Waals surface area contributed by atoms with Crippen LogP contribution in [0.3, 0.4) is 0 Å². The van der Waals surface area contributed by atoms with Crippen molar-refractivity contribution in [2.24, 2.45) is 0 Å². The lowest BCUT2D eigenvalue weighted by atomic mass is 10.1. The Bertz CT molecular complexity index is 1200. The van der Waals surface area contributed by atoms with Gasteiger partial charge in [0.25, 0.3) is 0 Å². The molecule has 4 rings (SSSR count). The number of benzene rings is 1. The molecule has 0 bridgehead atoms. The molecular weight excluding hydrogens is 480 g/mol. The Morgan fingerprint density at radius 3 is 2.42 bits per heavy atom. The number of aromatic nitrogens is 1. The van der Waals surface area contributed by atoms with Gasteiger partial charge in [0.2, 0.25) is 0 Å². The lowest BCUT2D eigenvalue weighted by Gasteiger charge is -2.28. The quantitative estimate of drug-likeness (QED) is 0.465. The molecule has 3 heterocycles. The van der Waals surface area contributed by atoms with E-state index in [1.807, 2.05) is 18.2 Å². The molecule has 33 heavy (non-hydrogen) atoms. The van der Waals surface area contributed by atoms with Crippen LogP contribution in [0.5, 0.6) is 0 Å². The molecule has 0 unspecified atom stereocenters. The van der Waals surface area contributed by atoms with Gasteiger partial charge in [-0.3, -0.25) is 4.79 Å². The number of pyridine rings is 1. The first-order valence-corrected chi connectivity index (χ1v) is 13.3. The number of piperazine rings is 1. The fraction of sp³-hybridized carbons (Fsp3) is 0.391. The van der Waals surface area contributed by atoms with Crippen molar-refractivity contribution >= 4 is 61.0 Å². The molecule has 1 N–H and O–H groups in total. The highest BCUT2D eigenvalue weighted by molar-refractivity contribution is 7.94. The maximum Gasteiger partial charge on any atom is 0.195 e. The van der Waals surface area contributed by atoms with Crippen molar-refractivity contribution in [1.82, 2.24) is 10.3 Å². The fourth-order valence-corrected chi connectivity index (χ4v) is 6.67. The van der Waals surface area contributed by atoms with Crippen LogP contribution >= 0.6 is 23.7 Å². The minimum Gasteiger partial charge on any atom is -0.372 e. The first-order chi connectivity index (χ1) is 15.4. The van der Waals surface area contributed by atoms with E-state index < -0.39 is 21.4 Å². The van der Waals surface area contributed by atoms with E-state index in [4.69, 9.17) is 0 Å². The summed E-state index contributed by atoms with van der Waals surface area (Å²) < 4.78 is 27.2. The van der Waals surface area contributed by atoms with Gasteiger partial charge in [-0.1, -0.05) is 0 Å². The number of hydrogen-bond donors (Lipinski definition) is 1. The molecule has 0 saturated carbocycles. The average molecular weight is 509 g/mol. The first-order valence-electron chi connectivity index (χ1n) is 10.9. The second-order valence-corrected chi connectivity index (χ2v) is 11.1. The highest BCUT2D eigenvalue weighted by Crippen LogP contribution is 2.35. The number of sulfone groups is 1. The second-order valence-electron chi connectivity index (χ2n) is 7.75. The van der Waals surface area contributed by atoms with E-state index >= 15 is 0 Å². The molecule has 0 amide bonds. The van der Waals surface area contributed by atoms with E-state index in [0.717, 1.165) is 60.9 Å². The number of hydrogen-bond acceptors (Lipinski definition) is 8. The minimum absolute atomic E-state index is 0. The summed E-state index contributed by atoms with van der Waals surface area (Å²) in [5, 5.41) is 4.14. The van der Waals surface area contributed by atoms with Gasteiger partial charge >= 0.3 is 0 Å². The maximum absolute atomic E-state index is 13.1. The molecule has 0 aliphatic carbocycles. The van der Waals surface area contributed by atoms with Gasteiger partial charge < -0.3 is 15.1 Å². The predicted octanol–water partition coefficient (Wildman–Crippen LogP) is 3.63. The van der Waals surface area contributed by atoms with Crippen LogP contribution in [-0.4, -0.2) is 64.2 Å². The number of fused-ring (bicyclic) bond motifs is 1. The van der Waals surface area contributed by atoms with Crippen molar-refractivity contribution in [3.8, 4) is 0 Å². The number of ketones is 1. The first kappa shape index (κ1) is 25.4. The van der Waals surface area contributed by atoms with Gasteiger partial charge in [0, 0.05) is 66.8 Å². The number of anilines is 2. The van der Waals surface area contributed by atoms with Crippen LogP contribution in [0.2, 0.25) is 0 Å². The number of Topliss-reactive ketones (excluding diaryl/α,β-unsaturated/α-hetero) is 1. The third-order valence-electron chi connectivity index (χ3n) is 5.76. The summed E-state index contributed by atoms with van der Waals surface area (Å²) in [6.45, 7) is 9.28. The van der Waals surface area contributed by atoms with Crippen LogP contribution in [0.15, 0.2) is 46.8 Å². The van der Waals surface area contributed by atoms with Crippen LogP contribution in [0.25, 0.3) is 10.1 Å². The van der Waals surface area contributed by atoms with Crippen molar-refractivity contribution in [3.63, 3.8) is 0 Å². The number of halogens is 1. The highest BCUT2D eigenvalue weighted by Gasteiger charge is 2.25. The zero-order valence-corrected chi connectivity index (χ0v) is 21.2. The number of nitrogens with one attached hydrogen (secondary N) is 1. The summed E-state index contributed by atoms with van der Waals surface area (Å²) in [6, 6.07) is 10.7. The molecular formula is C23H29ClN4O3S2. The van der Waals surface area contributed by atoms with Crippen molar-refractivity contribution < 1.29 is 13.2 Å². The molecule has 1 saturated heterocycles. The van der Waals surface area contributed by atoms with Gasteiger partial charge in [0.1, 0.15) is 15.8 Å². The molecule has 1 aliphatic heterocycles. The molecule has 0 atom stereocenters. The lowest BCUT2D eigenvalue weighted by molar-refractivity contribution is 0.102. The molecule has 2 aromatic heterocycles. The van der Waals surface area contributed by atoms with Crippen LogP contribution in [-0.2, 0) is 9.84 Å². The number of nitrogens with zero attached hydrogens (tertiary/aromatic N) is 3. The van der Waals surface area contributed by atoms with E-state index in [0.29, 0.717) is 5.56 Å². The van der Waals surface area contributed by atoms with E-state index in [1.54, 1.807) is 24.4 Å². The fourth-order valence-electron chi connectivity index (χ4n) is 3.98. The Morgan fingerprint density at radius 2 is 1.79 bits per heavy atom. The Kier molecular flexibility index (Phi) is 8.33. The van der Waals surface area contributed by atoms with E-state index in [1.165, 1.54) is 11.3 Å². The smallest absolute Gasteiger partial charge is 0.195 e. The van der Waals surface area contributed by atoms with Crippen molar-refractivity contribution in [3.05, 3.63) is 48.2 Å². The Balaban J connectivity index is 0.00000306. The Labute approximate surface area is 205 Å². The maximum atomic E-state index is 13.1. The summed E-state index contributed by atoms with van der Waals surface area (Å²) in [5.74, 6) is -0.130. The molecule has 1 fully saturated rings. The van der Waals surface area contributed by atoms with Gasteiger partial charge in [-0.2, -0.15) is 0 Å². The molecule has 3 aromatic rings. The van der Waals surface area contributed by atoms with Gasteiger partial charge in [0.05, 0.1) is 0 Å². The van der Waals surface area contributed by atoms with Gasteiger partial charge in [-0.15, -0.1) is 23.7 Å². The number of rotatable bonds is 8. The van der Waals surface area contributed by atoms with Crippen LogP contribution in [0, 0.1) is 0 Å². The SMILES string of the molecule is CCN(CC)c1ccc(C(=O)CS(=O)(=O)c2cc3c(N4CCNCC4)nccc3s2)cc1.Cl. The third-order valence-corrected chi connectivity index (χ3v) is 9.04. The normalized spacial score (nSPS) is 14.2. The second kappa shape index (κ2) is 10.8. The monoisotopic (exact) mass is 508 g/mol. The number of carbonyl (C=O) groups excluding carboxylic acids is 1. The van der Waals surface area contributed by atoms with Crippen LogP contribution in [0.4, 0.5) is 11.5 Å². The lowest BCUT2D eigenvalue weighted by Crippen LogP contribution is -2.43. The topological polar surface area (TPSA) is 82.6 Å². The molecule has 0 spiro atoms. The summed E-state index contributed by atoms with van der Waals surface area (Å²) >= 11 is 1.20. The summed E-state index contributed by atoms with van der Waals surface area (Å²) in [4.78, 5) is 21.6. The zero-order chi connectivity index (χ0) is 22.7. The van der Waals surface area contributed by atoms with Crippen LogP contribution < -0.4 is 15.1 Å². The molecule has 10 heteroatoms. The molecule has 178 valence electrons. The van der Waals surface area contributed by atoms with E-state index in [-0.39, 0.29) is 16.6 Å². The van der Waals surface area contributed by atoms with Crippen LogP contribution in [0.1, 0.15) is 24.2 Å². The Hall–Kier alpha value is -2.20. The zero-order valence-electron chi connectivity index (χ0n) is 18.8. The predicted molar refractivity (Wildman–Crippen MR) is 138 cm³/mol. The molecule has 7 nitrogen and oxygen atoms in total. The number of carbonyl (C=O) groups is 1. The van der Waals surface area contributed by atoms with E-state index in [2.05, 4.69) is 33.9 Å². The molecule has 1 aliphatic rings. The summed E-state index contributed by atoms with van der Waals surface area (Å²) in [5.41, 5.74) is 1.43. The standard InChI is InChI=1S/C23H28N4O3S2.ClH/c1-3-26(4-2)18-7-5-17(6-8-18)20(28)16-32(29,30)22-15-19-21(31-22)9-10-25-23(19)27-13-11-24-12-14-27;/h5-10,15,24H,3-4,11-14,16H2,1-2H3;1H. The van der Waals surface area contributed by atoms with Crippen molar-refractivity contribution in [1.29, 1.82) is 0 Å². The van der Waals surface area contributed by atoms with Gasteiger partial charge in [0.15, 0.2) is 15.6 Å². The van der Waals surface area contributed by atoms with Gasteiger partial charge in [-0.25, -0.2) is 13.4 Å². The van der Waals surface area contributed by atoms with Crippen molar-refractivity contribution in [2.45, 2.75) is 18.1 Å². The molecule has 1 aromatic carbocycles. The average Bonchev–Trinajstić information content (AvgIpc) is 3.26. The summed E-state index contributed by atoms with van der Waals surface area (Å²) in [7, 11) is -3.75. The third kappa shape index (κ3) is 5.48. The Morgan fingerprint density at radius 1 is 1.12 bits per heavy atom. The molecule has 0 radical (unpaired) electrons. The van der Waals surface area contributed by atoms with Crippen molar-refractivity contribution in [2.75, 3.05) is 54.8 Å². The minimum atomic E-state index is -3.75. The van der Waals surface area contributed by atoms with E-state index in [9.17, 15) is 13.2 Å². The highest BCUT2D eigenvalue weighted by atomic mass is 35.5.